The van der Waals surface area contributed by atoms with Crippen LogP contribution in [0.5, 0.6) is 0 Å². The van der Waals surface area contributed by atoms with Crippen LogP contribution < -0.4 is 21.8 Å². The number of H-pyrrole nitrogens is 2. The zero-order valence-corrected chi connectivity index (χ0v) is 20.0. The molecule has 2 aromatic heterocycles. The third kappa shape index (κ3) is 6.72. The second-order valence-corrected chi connectivity index (χ2v) is 11.8. The predicted octanol–water partition coefficient (Wildman–Crippen LogP) is 2.99. The molecular formula is C23H33N3O2S2. The van der Waals surface area contributed by atoms with Gasteiger partial charge in [-0.05, 0) is 62.9 Å². The maximum Gasteiger partial charge on any atom is 0.272 e. The summed E-state index contributed by atoms with van der Waals surface area (Å²) in [6.45, 7) is 5.65. The third-order valence-electron chi connectivity index (χ3n) is 5.62. The largest absolute Gasteiger partial charge is 0.316 e. The molecule has 2 N–H and O–H groups in total. The van der Waals surface area contributed by atoms with Crippen molar-refractivity contribution in [2.45, 2.75) is 50.2 Å². The molecule has 164 valence electrons. The molecule has 2 aromatic rings. The second-order valence-electron chi connectivity index (χ2n) is 9.25. The highest BCUT2D eigenvalue weighted by Gasteiger charge is 2.27. The summed E-state index contributed by atoms with van der Waals surface area (Å²) in [6.07, 6.45) is 9.37. The van der Waals surface area contributed by atoms with Crippen LogP contribution >= 0.6 is 23.1 Å². The molecule has 7 heteroatoms. The van der Waals surface area contributed by atoms with Crippen molar-refractivity contribution in [2.75, 3.05) is 26.4 Å². The van der Waals surface area contributed by atoms with Crippen LogP contribution in [0.3, 0.4) is 0 Å². The SMILES string of the molecule is CN(C)CCSc1ccc(/C=c2\[nH]c(=O)/c(=C/CC3CCCC(C)(C)C3)[nH]c2=O)s1. The van der Waals surface area contributed by atoms with Crippen molar-refractivity contribution < 1.29 is 0 Å². The summed E-state index contributed by atoms with van der Waals surface area (Å²) in [5.41, 5.74) is -0.104. The van der Waals surface area contributed by atoms with Gasteiger partial charge in [-0.2, -0.15) is 0 Å². The van der Waals surface area contributed by atoms with E-state index in [0.717, 1.165) is 23.6 Å². The fourth-order valence-corrected chi connectivity index (χ4v) is 6.32. The Morgan fingerprint density at radius 3 is 2.67 bits per heavy atom. The molecule has 0 amide bonds. The molecule has 0 bridgehead atoms. The van der Waals surface area contributed by atoms with E-state index in [0.29, 0.717) is 22.0 Å². The number of aromatic amines is 2. The lowest BCUT2D eigenvalue weighted by Crippen LogP contribution is -2.46. The number of nitrogens with zero attached hydrogens (tertiary/aromatic N) is 1. The van der Waals surface area contributed by atoms with Crippen molar-refractivity contribution in [1.82, 2.24) is 14.9 Å². The van der Waals surface area contributed by atoms with Crippen LogP contribution in [0, 0.1) is 11.3 Å². The van der Waals surface area contributed by atoms with E-state index in [1.54, 1.807) is 29.2 Å². The van der Waals surface area contributed by atoms with Crippen LogP contribution in [0.25, 0.3) is 12.2 Å². The average Bonchev–Trinajstić information content (AvgIpc) is 3.09. The first-order chi connectivity index (χ1) is 14.2. The zero-order chi connectivity index (χ0) is 21.7. The fourth-order valence-electron chi connectivity index (χ4n) is 4.04. The summed E-state index contributed by atoms with van der Waals surface area (Å²) in [7, 11) is 4.13. The Hall–Kier alpha value is -1.57. The minimum atomic E-state index is -0.250. The number of rotatable bonds is 7. The first-order valence-electron chi connectivity index (χ1n) is 10.6. The van der Waals surface area contributed by atoms with Gasteiger partial charge in [-0.25, -0.2) is 0 Å². The lowest BCUT2D eigenvalue weighted by Gasteiger charge is -2.34. The molecule has 0 spiro atoms. The van der Waals surface area contributed by atoms with Gasteiger partial charge in [0.25, 0.3) is 11.1 Å². The Balaban J connectivity index is 1.74. The van der Waals surface area contributed by atoms with E-state index in [1.165, 1.54) is 29.9 Å². The number of thioether (sulfide) groups is 1. The number of aromatic nitrogens is 2. The third-order valence-corrected chi connectivity index (χ3v) is 7.86. The van der Waals surface area contributed by atoms with E-state index < -0.39 is 0 Å². The number of nitrogens with one attached hydrogen (secondary N) is 2. The monoisotopic (exact) mass is 447 g/mol. The molecule has 0 aliphatic heterocycles. The second kappa shape index (κ2) is 10.2. The van der Waals surface area contributed by atoms with Crippen molar-refractivity contribution >= 4 is 35.3 Å². The van der Waals surface area contributed by atoms with Crippen LogP contribution in [0.15, 0.2) is 25.9 Å². The zero-order valence-electron chi connectivity index (χ0n) is 18.4. The standard InChI is InChI=1S/C23H33N3O2S2/c1-23(2)11-5-6-16(15-23)7-9-18-21(27)25-19(22(28)24-18)14-17-8-10-20(30-17)29-13-12-26(3)4/h8-10,14,16H,5-7,11-13,15H2,1-4H3,(H,24,28)(H,25,27)/b18-9-,19-14-. The van der Waals surface area contributed by atoms with Crippen molar-refractivity contribution in [3.05, 3.63) is 48.4 Å². The van der Waals surface area contributed by atoms with Crippen LogP contribution in [0.1, 0.15) is 50.8 Å². The molecule has 3 rings (SSSR count). The van der Waals surface area contributed by atoms with Crippen molar-refractivity contribution in [2.24, 2.45) is 11.3 Å². The van der Waals surface area contributed by atoms with Gasteiger partial charge in [0.2, 0.25) is 0 Å². The number of thiophene rings is 1. The molecule has 2 heterocycles. The van der Waals surface area contributed by atoms with E-state index in [4.69, 9.17) is 0 Å². The Labute approximate surface area is 186 Å². The molecule has 0 radical (unpaired) electrons. The van der Waals surface area contributed by atoms with Crippen molar-refractivity contribution in [3.8, 4) is 0 Å². The molecule has 0 aromatic carbocycles. The molecule has 1 aliphatic rings. The number of hydrogen-bond acceptors (Lipinski definition) is 5. The molecular weight excluding hydrogens is 414 g/mol. The summed E-state index contributed by atoms with van der Waals surface area (Å²) in [4.78, 5) is 33.7. The van der Waals surface area contributed by atoms with Gasteiger partial charge in [0.05, 0.1) is 4.21 Å². The van der Waals surface area contributed by atoms with E-state index in [1.807, 2.05) is 12.1 Å². The smallest absolute Gasteiger partial charge is 0.272 e. The van der Waals surface area contributed by atoms with E-state index in [2.05, 4.69) is 48.9 Å². The van der Waals surface area contributed by atoms with Gasteiger partial charge >= 0.3 is 0 Å². The van der Waals surface area contributed by atoms with Crippen LogP contribution in [-0.4, -0.2) is 41.3 Å². The summed E-state index contributed by atoms with van der Waals surface area (Å²) >= 11 is 3.44. The fraction of sp³-hybridized carbons (Fsp3) is 0.565. The van der Waals surface area contributed by atoms with Gasteiger partial charge in [0.15, 0.2) is 0 Å². The van der Waals surface area contributed by atoms with Gasteiger partial charge < -0.3 is 14.9 Å². The van der Waals surface area contributed by atoms with Gasteiger partial charge in [-0.15, -0.1) is 23.1 Å². The maximum atomic E-state index is 12.5. The Morgan fingerprint density at radius 1 is 1.20 bits per heavy atom. The predicted molar refractivity (Wildman–Crippen MR) is 129 cm³/mol. The van der Waals surface area contributed by atoms with Gasteiger partial charge in [0, 0.05) is 17.2 Å². The van der Waals surface area contributed by atoms with E-state index >= 15 is 0 Å². The van der Waals surface area contributed by atoms with E-state index in [9.17, 15) is 9.59 Å². The Morgan fingerprint density at radius 2 is 1.93 bits per heavy atom. The lowest BCUT2D eigenvalue weighted by atomic mass is 9.71. The lowest BCUT2D eigenvalue weighted by molar-refractivity contribution is 0.183. The van der Waals surface area contributed by atoms with Gasteiger partial charge in [0.1, 0.15) is 10.7 Å². The molecule has 1 atom stereocenters. The first-order valence-corrected chi connectivity index (χ1v) is 12.4. The minimum absolute atomic E-state index is 0.229. The molecule has 1 fully saturated rings. The normalized spacial score (nSPS) is 20.2. The molecule has 30 heavy (non-hydrogen) atoms. The van der Waals surface area contributed by atoms with E-state index in [-0.39, 0.29) is 11.1 Å². The summed E-state index contributed by atoms with van der Waals surface area (Å²) in [6, 6.07) is 4.06. The van der Waals surface area contributed by atoms with Crippen LogP contribution in [0.2, 0.25) is 0 Å². The van der Waals surface area contributed by atoms with Gasteiger partial charge in [-0.3, -0.25) is 9.59 Å². The molecule has 1 unspecified atom stereocenters. The van der Waals surface area contributed by atoms with Crippen molar-refractivity contribution in [3.63, 3.8) is 0 Å². The topological polar surface area (TPSA) is 69.0 Å². The summed E-state index contributed by atoms with van der Waals surface area (Å²) < 4.78 is 1.21. The quantitative estimate of drug-likeness (QED) is 0.640. The minimum Gasteiger partial charge on any atom is -0.316 e. The summed E-state index contributed by atoms with van der Waals surface area (Å²) in [5.74, 6) is 1.60. The summed E-state index contributed by atoms with van der Waals surface area (Å²) in [5, 5.41) is 0.689. The first kappa shape index (κ1) is 23.1. The number of hydrogen-bond donors (Lipinski definition) is 2. The molecule has 1 aliphatic carbocycles. The highest BCUT2D eigenvalue weighted by molar-refractivity contribution is 8.01. The van der Waals surface area contributed by atoms with Crippen LogP contribution in [0.4, 0.5) is 0 Å². The van der Waals surface area contributed by atoms with Crippen molar-refractivity contribution in [1.29, 1.82) is 0 Å². The van der Waals surface area contributed by atoms with Crippen LogP contribution in [-0.2, 0) is 0 Å². The molecule has 5 nitrogen and oxygen atoms in total. The molecule has 1 saturated carbocycles. The van der Waals surface area contributed by atoms with Gasteiger partial charge in [-0.1, -0.05) is 32.8 Å². The highest BCUT2D eigenvalue weighted by Crippen LogP contribution is 2.39. The average molecular weight is 448 g/mol. The molecule has 0 saturated heterocycles. The Bertz CT molecular complexity index is 1080. The maximum absolute atomic E-state index is 12.5. The highest BCUT2D eigenvalue weighted by atomic mass is 32.2. The Kier molecular flexibility index (Phi) is 7.82.